The number of nitrogens with one attached hydrogen (secondary N) is 2. The number of anilines is 1. The van der Waals surface area contributed by atoms with Crippen molar-refractivity contribution in [2.45, 2.75) is 64.2 Å². The van der Waals surface area contributed by atoms with Crippen LogP contribution >= 0.6 is 11.8 Å². The maximum Gasteiger partial charge on any atom is 0.416 e. The van der Waals surface area contributed by atoms with E-state index in [4.69, 9.17) is 4.74 Å². The van der Waals surface area contributed by atoms with Gasteiger partial charge in [0.15, 0.2) is 0 Å². The monoisotopic (exact) mass is 663 g/mol. The van der Waals surface area contributed by atoms with Crippen LogP contribution < -0.4 is 10.1 Å². The Morgan fingerprint density at radius 1 is 1.00 bits per heavy atom. The number of para-hydroxylation sites is 1. The molecular formula is C37H40F3N3O3S. The van der Waals surface area contributed by atoms with Gasteiger partial charge in [0.2, 0.25) is 11.8 Å². The number of alkyl halides is 3. The molecule has 0 spiro atoms. The Hall–Kier alpha value is -3.92. The molecule has 3 aromatic carbocycles. The third-order valence-electron chi connectivity index (χ3n) is 10.2. The lowest BCUT2D eigenvalue weighted by Crippen LogP contribution is -2.60. The number of rotatable bonds is 9. The van der Waals surface area contributed by atoms with Gasteiger partial charge < -0.3 is 19.9 Å². The van der Waals surface area contributed by atoms with Gasteiger partial charge in [0.05, 0.1) is 12.7 Å². The van der Waals surface area contributed by atoms with E-state index in [-0.39, 0.29) is 42.0 Å². The summed E-state index contributed by atoms with van der Waals surface area (Å²) in [5, 5.41) is 4.20. The molecule has 47 heavy (non-hydrogen) atoms. The molecule has 2 atom stereocenters. The van der Waals surface area contributed by atoms with Gasteiger partial charge in [-0.05, 0) is 102 Å². The first-order valence-corrected chi connectivity index (χ1v) is 17.1. The summed E-state index contributed by atoms with van der Waals surface area (Å²) in [7, 11) is 1.57. The van der Waals surface area contributed by atoms with Crippen LogP contribution in [0.15, 0.2) is 72.8 Å². The number of hydrogen-bond acceptors (Lipinski definition) is 4. The first-order chi connectivity index (χ1) is 22.3. The molecule has 6 nitrogen and oxygen atoms in total. The minimum Gasteiger partial charge on any atom is -0.497 e. The maximum atomic E-state index is 14.7. The third kappa shape index (κ3) is 6.36. The van der Waals surface area contributed by atoms with E-state index in [1.54, 1.807) is 48.0 Å². The van der Waals surface area contributed by atoms with Gasteiger partial charge in [-0.15, -0.1) is 0 Å². The zero-order valence-corrected chi connectivity index (χ0v) is 27.9. The molecule has 248 valence electrons. The quantitative estimate of drug-likeness (QED) is 0.188. The lowest BCUT2D eigenvalue weighted by molar-refractivity contribution is -0.147. The van der Waals surface area contributed by atoms with Crippen LogP contribution in [0.4, 0.5) is 18.9 Å². The minimum atomic E-state index is -4.47. The number of hydrogen-bond donors (Lipinski definition) is 2. The maximum absolute atomic E-state index is 14.7. The number of aromatic nitrogens is 1. The lowest BCUT2D eigenvalue weighted by Gasteiger charge is -2.45. The second-order valence-electron chi connectivity index (χ2n) is 13.3. The van der Waals surface area contributed by atoms with Crippen molar-refractivity contribution in [3.05, 3.63) is 95.2 Å². The van der Waals surface area contributed by atoms with Crippen molar-refractivity contribution in [2.24, 2.45) is 11.3 Å². The van der Waals surface area contributed by atoms with E-state index in [0.717, 1.165) is 28.7 Å². The summed E-state index contributed by atoms with van der Waals surface area (Å²) in [5.41, 5.74) is 2.40. The van der Waals surface area contributed by atoms with Crippen LogP contribution in [0.5, 0.6) is 5.75 Å². The normalized spacial score (nSPS) is 20.1. The number of carbonyl (C=O) groups excluding carboxylic acids is 2. The van der Waals surface area contributed by atoms with Crippen molar-refractivity contribution >= 4 is 40.2 Å². The van der Waals surface area contributed by atoms with Gasteiger partial charge in [0.1, 0.15) is 11.3 Å². The van der Waals surface area contributed by atoms with Crippen molar-refractivity contribution in [3.63, 3.8) is 0 Å². The number of carbonyl (C=O) groups is 2. The molecule has 4 aromatic rings. The van der Waals surface area contributed by atoms with E-state index in [2.05, 4.69) is 43.2 Å². The van der Waals surface area contributed by atoms with Crippen LogP contribution in [0.3, 0.4) is 0 Å². The van der Waals surface area contributed by atoms with E-state index < -0.39 is 17.3 Å². The standard InChI is InChI=1S/C37H40F3N3O3S/c1-23-32(28-7-5-6-8-30(28)41-23)33-29(35(33,2)3)21-31(44)43(22-24-9-11-25(12-10-24)37(38,39)40)36(17-19-47-20-18-36)34(45)42-26-13-15-27(46-4)16-14-26/h5-16,29,33,41H,17-22H2,1-4H3,(H,42,45). The van der Waals surface area contributed by atoms with Gasteiger partial charge in [0.25, 0.3) is 0 Å². The van der Waals surface area contributed by atoms with Gasteiger partial charge >= 0.3 is 6.18 Å². The van der Waals surface area contributed by atoms with E-state index in [0.29, 0.717) is 41.3 Å². The second kappa shape index (κ2) is 12.6. The van der Waals surface area contributed by atoms with Crippen LogP contribution in [0.25, 0.3) is 10.9 Å². The Labute approximate surface area is 277 Å². The molecule has 2 heterocycles. The highest BCUT2D eigenvalue weighted by molar-refractivity contribution is 7.99. The van der Waals surface area contributed by atoms with Gasteiger partial charge in [-0.1, -0.05) is 44.2 Å². The molecule has 2 amide bonds. The number of thioether (sulfide) groups is 1. The summed E-state index contributed by atoms with van der Waals surface area (Å²) in [5.74, 6) is 1.72. The summed E-state index contributed by atoms with van der Waals surface area (Å²) >= 11 is 1.73. The molecule has 1 saturated carbocycles. The molecule has 2 unspecified atom stereocenters. The zero-order valence-electron chi connectivity index (χ0n) is 27.0. The minimum absolute atomic E-state index is 0.0294. The van der Waals surface area contributed by atoms with Crippen molar-refractivity contribution in [3.8, 4) is 5.75 Å². The fraction of sp³-hybridized carbons (Fsp3) is 0.405. The summed E-state index contributed by atoms with van der Waals surface area (Å²) in [4.78, 5) is 34.2. The fourth-order valence-corrected chi connectivity index (χ4v) is 8.57. The fourth-order valence-electron chi connectivity index (χ4n) is 7.41. The Bertz CT molecular complexity index is 1760. The summed E-state index contributed by atoms with van der Waals surface area (Å²) in [6.45, 7) is 6.46. The molecule has 1 aromatic heterocycles. The van der Waals surface area contributed by atoms with Crippen molar-refractivity contribution < 1.29 is 27.5 Å². The average molecular weight is 664 g/mol. The number of methoxy groups -OCH3 is 1. The Morgan fingerprint density at radius 3 is 2.30 bits per heavy atom. The van der Waals surface area contributed by atoms with Crippen LogP contribution in [0.1, 0.15) is 61.4 Å². The summed E-state index contributed by atoms with van der Waals surface area (Å²) in [6.07, 6.45) is -3.38. The first-order valence-electron chi connectivity index (χ1n) is 15.9. The predicted octanol–water partition coefficient (Wildman–Crippen LogP) is 8.57. The molecule has 10 heteroatoms. The first kappa shape index (κ1) is 33.0. The topological polar surface area (TPSA) is 74.4 Å². The summed E-state index contributed by atoms with van der Waals surface area (Å²) in [6, 6.07) is 20.1. The Kier molecular flexibility index (Phi) is 8.84. The van der Waals surface area contributed by atoms with Gasteiger partial charge in [-0.25, -0.2) is 0 Å². The Morgan fingerprint density at radius 2 is 1.66 bits per heavy atom. The second-order valence-corrected chi connectivity index (χ2v) is 14.5. The predicted molar refractivity (Wildman–Crippen MR) is 181 cm³/mol. The molecule has 2 fully saturated rings. The number of amides is 2. The summed E-state index contributed by atoms with van der Waals surface area (Å²) < 4.78 is 45.4. The number of H-pyrrole nitrogens is 1. The largest absolute Gasteiger partial charge is 0.497 e. The Balaban J connectivity index is 1.34. The van der Waals surface area contributed by atoms with Crippen molar-refractivity contribution in [1.29, 1.82) is 0 Å². The van der Waals surface area contributed by atoms with Gasteiger partial charge in [0, 0.05) is 35.2 Å². The molecular weight excluding hydrogens is 623 g/mol. The molecule has 0 radical (unpaired) electrons. The molecule has 0 bridgehead atoms. The molecule has 1 saturated heterocycles. The highest BCUT2D eigenvalue weighted by Crippen LogP contribution is 2.67. The number of aromatic amines is 1. The zero-order chi connectivity index (χ0) is 33.6. The van der Waals surface area contributed by atoms with Crippen molar-refractivity contribution in [2.75, 3.05) is 23.9 Å². The molecule has 2 N–H and O–H groups in total. The van der Waals surface area contributed by atoms with E-state index in [1.165, 1.54) is 17.7 Å². The number of halogens is 3. The highest BCUT2D eigenvalue weighted by atomic mass is 32.2. The lowest BCUT2D eigenvalue weighted by atomic mass is 9.87. The van der Waals surface area contributed by atoms with Crippen LogP contribution in [0.2, 0.25) is 0 Å². The SMILES string of the molecule is COc1ccc(NC(=O)C2(N(Cc3ccc(C(F)(F)F)cc3)C(=O)CC3C(c4c(C)[nH]c5ccccc45)C3(C)C)CCSCC2)cc1. The number of aryl methyl sites for hydroxylation is 1. The van der Waals surface area contributed by atoms with Crippen molar-refractivity contribution in [1.82, 2.24) is 9.88 Å². The number of fused-ring (bicyclic) bond motifs is 1. The molecule has 6 rings (SSSR count). The van der Waals surface area contributed by atoms with Gasteiger partial charge in [-0.2, -0.15) is 24.9 Å². The smallest absolute Gasteiger partial charge is 0.416 e. The van der Waals surface area contributed by atoms with Crippen LogP contribution in [-0.2, 0) is 22.3 Å². The number of nitrogens with zero attached hydrogens (tertiary/aromatic N) is 1. The molecule has 2 aliphatic rings. The van der Waals surface area contributed by atoms with E-state index in [1.807, 2.05) is 12.1 Å². The molecule has 1 aliphatic heterocycles. The number of ether oxygens (including phenoxy) is 1. The highest BCUT2D eigenvalue weighted by Gasteiger charge is 2.60. The molecule has 1 aliphatic carbocycles. The number of benzene rings is 3. The average Bonchev–Trinajstić information content (AvgIpc) is 3.40. The van der Waals surface area contributed by atoms with E-state index in [9.17, 15) is 22.8 Å². The van der Waals surface area contributed by atoms with Gasteiger partial charge in [-0.3, -0.25) is 9.59 Å². The van der Waals surface area contributed by atoms with Crippen LogP contribution in [-0.4, -0.2) is 45.9 Å². The van der Waals surface area contributed by atoms with E-state index >= 15 is 0 Å². The van der Waals surface area contributed by atoms with Crippen LogP contribution in [0, 0.1) is 18.3 Å². The third-order valence-corrected chi connectivity index (χ3v) is 11.2.